The Morgan fingerprint density at radius 2 is 1.48 bits per heavy atom. The maximum absolute atomic E-state index is 5.83. The molecule has 2 aliphatic heterocycles. The summed E-state index contributed by atoms with van der Waals surface area (Å²) in [6, 6.07) is 10.1. The smallest absolute Gasteiger partial charge is 0.119 e. The monoisotopic (exact) mass is 345 g/mol. The van der Waals surface area contributed by atoms with Gasteiger partial charge in [0.25, 0.3) is 0 Å². The number of hydrogen-bond acceptors (Lipinski definition) is 4. The number of nitrogens with zero attached hydrogens (tertiary/aromatic N) is 3. The van der Waals surface area contributed by atoms with Crippen molar-refractivity contribution in [3.8, 4) is 5.75 Å². The molecule has 0 aromatic heterocycles. The zero-order valence-corrected chi connectivity index (χ0v) is 16.1. The average molecular weight is 346 g/mol. The summed E-state index contributed by atoms with van der Waals surface area (Å²) < 4.78 is 5.83. The van der Waals surface area contributed by atoms with Crippen molar-refractivity contribution >= 4 is 0 Å². The summed E-state index contributed by atoms with van der Waals surface area (Å²) in [4.78, 5) is 7.90. The number of para-hydroxylation sites is 1. The Kier molecular flexibility index (Phi) is 6.74. The summed E-state index contributed by atoms with van der Waals surface area (Å²) in [7, 11) is 0. The van der Waals surface area contributed by atoms with Gasteiger partial charge in [-0.2, -0.15) is 0 Å². The third kappa shape index (κ3) is 5.70. The van der Waals surface area contributed by atoms with Crippen LogP contribution in [0.3, 0.4) is 0 Å². The van der Waals surface area contributed by atoms with Crippen LogP contribution in [0.2, 0.25) is 0 Å². The SMILES string of the molecule is CC(C)(CN1CCN(CCOc2ccccc2)CC1)N1CCCCC1. The van der Waals surface area contributed by atoms with Gasteiger partial charge in [-0.1, -0.05) is 24.6 Å². The average Bonchev–Trinajstić information content (AvgIpc) is 2.65. The molecule has 1 aromatic rings. The van der Waals surface area contributed by atoms with Gasteiger partial charge in [0.05, 0.1) is 0 Å². The number of rotatable bonds is 7. The summed E-state index contributed by atoms with van der Waals surface area (Å²) in [6.45, 7) is 15.1. The van der Waals surface area contributed by atoms with Crippen LogP contribution in [0, 0.1) is 0 Å². The number of piperidine rings is 1. The van der Waals surface area contributed by atoms with Crippen LogP contribution in [0.15, 0.2) is 30.3 Å². The highest BCUT2D eigenvalue weighted by atomic mass is 16.5. The molecule has 2 aliphatic rings. The molecule has 3 rings (SSSR count). The maximum Gasteiger partial charge on any atom is 0.119 e. The van der Waals surface area contributed by atoms with Gasteiger partial charge < -0.3 is 4.74 Å². The highest BCUT2D eigenvalue weighted by Crippen LogP contribution is 2.22. The Hall–Kier alpha value is -1.10. The zero-order chi connectivity index (χ0) is 17.5. The van der Waals surface area contributed by atoms with E-state index >= 15 is 0 Å². The molecule has 0 atom stereocenters. The molecule has 2 heterocycles. The van der Waals surface area contributed by atoms with E-state index in [4.69, 9.17) is 4.74 Å². The minimum absolute atomic E-state index is 0.305. The number of ether oxygens (including phenoxy) is 1. The standard InChI is InChI=1S/C21H35N3O/c1-21(2,24-11-7-4-8-12-24)19-23-15-13-22(14-16-23)17-18-25-20-9-5-3-6-10-20/h3,5-6,9-10H,4,7-8,11-19H2,1-2H3. The maximum atomic E-state index is 5.83. The van der Waals surface area contributed by atoms with Gasteiger partial charge in [-0.25, -0.2) is 0 Å². The lowest BCUT2D eigenvalue weighted by Gasteiger charge is -2.45. The second-order valence-electron chi connectivity index (χ2n) is 8.14. The van der Waals surface area contributed by atoms with Gasteiger partial charge in [0.1, 0.15) is 12.4 Å². The topological polar surface area (TPSA) is 19.0 Å². The highest BCUT2D eigenvalue weighted by molar-refractivity contribution is 5.20. The minimum atomic E-state index is 0.305. The van der Waals surface area contributed by atoms with Crippen LogP contribution in [-0.2, 0) is 0 Å². The van der Waals surface area contributed by atoms with Gasteiger partial charge >= 0.3 is 0 Å². The van der Waals surface area contributed by atoms with E-state index in [2.05, 4.69) is 28.5 Å². The molecule has 2 fully saturated rings. The second-order valence-corrected chi connectivity index (χ2v) is 8.14. The van der Waals surface area contributed by atoms with E-state index in [0.717, 1.165) is 32.0 Å². The number of benzene rings is 1. The lowest BCUT2D eigenvalue weighted by molar-refractivity contribution is 0.0353. The van der Waals surface area contributed by atoms with Gasteiger partial charge in [-0.05, 0) is 51.9 Å². The Labute approximate surface area is 153 Å². The molecule has 4 heteroatoms. The van der Waals surface area contributed by atoms with Gasteiger partial charge in [0, 0.05) is 44.8 Å². The molecular weight excluding hydrogens is 310 g/mol. The molecular formula is C21H35N3O. The quantitative estimate of drug-likeness (QED) is 0.756. The second kappa shape index (κ2) is 9.02. The molecule has 1 aromatic carbocycles. The van der Waals surface area contributed by atoms with Crippen LogP contribution in [0.4, 0.5) is 0 Å². The van der Waals surface area contributed by atoms with Crippen molar-refractivity contribution in [2.75, 3.05) is 59.0 Å². The van der Waals surface area contributed by atoms with Crippen molar-refractivity contribution < 1.29 is 4.74 Å². The molecule has 2 saturated heterocycles. The van der Waals surface area contributed by atoms with E-state index in [1.54, 1.807) is 0 Å². The largest absolute Gasteiger partial charge is 0.492 e. The van der Waals surface area contributed by atoms with Crippen LogP contribution in [0.25, 0.3) is 0 Å². The molecule has 0 saturated carbocycles. The van der Waals surface area contributed by atoms with E-state index in [1.165, 1.54) is 52.0 Å². The van der Waals surface area contributed by atoms with Crippen molar-refractivity contribution in [2.24, 2.45) is 0 Å². The molecule has 0 aliphatic carbocycles. The Bertz CT molecular complexity index is 491. The molecule has 0 N–H and O–H groups in total. The van der Waals surface area contributed by atoms with E-state index in [0.29, 0.717) is 5.54 Å². The van der Waals surface area contributed by atoms with E-state index in [-0.39, 0.29) is 0 Å². The van der Waals surface area contributed by atoms with E-state index < -0.39 is 0 Å². The summed E-state index contributed by atoms with van der Waals surface area (Å²) in [5, 5.41) is 0. The molecule has 0 spiro atoms. The van der Waals surface area contributed by atoms with Gasteiger partial charge in [0.15, 0.2) is 0 Å². The van der Waals surface area contributed by atoms with Crippen LogP contribution in [0.1, 0.15) is 33.1 Å². The van der Waals surface area contributed by atoms with E-state index in [1.807, 2.05) is 30.3 Å². The fourth-order valence-electron chi connectivity index (χ4n) is 4.13. The summed E-state index contributed by atoms with van der Waals surface area (Å²) in [5.41, 5.74) is 0.305. The predicted molar refractivity (Wildman–Crippen MR) is 104 cm³/mol. The van der Waals surface area contributed by atoms with Gasteiger partial charge in [0.2, 0.25) is 0 Å². The third-order valence-corrected chi connectivity index (χ3v) is 5.71. The first kappa shape index (κ1) is 18.7. The lowest BCUT2D eigenvalue weighted by atomic mass is 9.97. The van der Waals surface area contributed by atoms with Gasteiger partial charge in [-0.3, -0.25) is 14.7 Å². The third-order valence-electron chi connectivity index (χ3n) is 5.71. The fraction of sp³-hybridized carbons (Fsp3) is 0.714. The normalized spacial score (nSPS) is 21.4. The van der Waals surface area contributed by atoms with Crippen LogP contribution < -0.4 is 4.74 Å². The van der Waals surface area contributed by atoms with Crippen LogP contribution in [0.5, 0.6) is 5.75 Å². The fourth-order valence-corrected chi connectivity index (χ4v) is 4.13. The first-order chi connectivity index (χ1) is 12.1. The van der Waals surface area contributed by atoms with Gasteiger partial charge in [-0.15, -0.1) is 0 Å². The van der Waals surface area contributed by atoms with Crippen molar-refractivity contribution in [3.05, 3.63) is 30.3 Å². The number of likely N-dealkylation sites (tertiary alicyclic amines) is 1. The Morgan fingerprint density at radius 1 is 0.840 bits per heavy atom. The first-order valence-electron chi connectivity index (χ1n) is 10.0. The Morgan fingerprint density at radius 3 is 2.16 bits per heavy atom. The van der Waals surface area contributed by atoms with Crippen molar-refractivity contribution in [1.82, 2.24) is 14.7 Å². The van der Waals surface area contributed by atoms with Crippen LogP contribution >= 0.6 is 0 Å². The molecule has 25 heavy (non-hydrogen) atoms. The molecule has 0 radical (unpaired) electrons. The van der Waals surface area contributed by atoms with Crippen LogP contribution in [-0.4, -0.2) is 79.2 Å². The molecule has 4 nitrogen and oxygen atoms in total. The van der Waals surface area contributed by atoms with Crippen molar-refractivity contribution in [3.63, 3.8) is 0 Å². The zero-order valence-electron chi connectivity index (χ0n) is 16.1. The van der Waals surface area contributed by atoms with E-state index in [9.17, 15) is 0 Å². The number of piperazine rings is 1. The lowest BCUT2D eigenvalue weighted by Crippen LogP contribution is -2.57. The highest BCUT2D eigenvalue weighted by Gasteiger charge is 2.31. The summed E-state index contributed by atoms with van der Waals surface area (Å²) >= 11 is 0. The predicted octanol–water partition coefficient (Wildman–Crippen LogP) is 2.95. The Balaban J connectivity index is 1.35. The molecule has 140 valence electrons. The van der Waals surface area contributed by atoms with Crippen molar-refractivity contribution in [1.29, 1.82) is 0 Å². The summed E-state index contributed by atoms with van der Waals surface area (Å²) in [6.07, 6.45) is 4.16. The summed E-state index contributed by atoms with van der Waals surface area (Å²) in [5.74, 6) is 0.976. The van der Waals surface area contributed by atoms with Crippen molar-refractivity contribution in [2.45, 2.75) is 38.6 Å². The molecule has 0 amide bonds. The first-order valence-corrected chi connectivity index (χ1v) is 10.0. The number of hydrogen-bond donors (Lipinski definition) is 0. The molecule has 0 unspecified atom stereocenters. The molecule has 0 bridgehead atoms. The minimum Gasteiger partial charge on any atom is -0.492 e.